The lowest BCUT2D eigenvalue weighted by molar-refractivity contribution is 0.167. The maximum absolute atomic E-state index is 5.43. The Hall–Kier alpha value is -0.350. The van der Waals surface area contributed by atoms with Gasteiger partial charge >= 0.3 is 0 Å². The molecule has 0 radical (unpaired) electrons. The summed E-state index contributed by atoms with van der Waals surface area (Å²) in [6, 6.07) is 0. The van der Waals surface area contributed by atoms with Crippen molar-refractivity contribution in [3.8, 4) is 0 Å². The number of nitrogens with one attached hydrogen (secondary N) is 1. The molecular formula is C11H22N2OS. The monoisotopic (exact) mass is 230 g/mol. The fraction of sp³-hybridized carbons (Fsp3) is 0.909. The van der Waals surface area contributed by atoms with Crippen LogP contribution in [0.4, 0.5) is 0 Å². The SMILES string of the molecule is CCCCCOC(=S)NN1CCCCC1. The van der Waals surface area contributed by atoms with Gasteiger partial charge in [-0.2, -0.15) is 0 Å². The third-order valence-corrected chi connectivity index (χ3v) is 2.80. The molecule has 1 rings (SSSR count). The predicted octanol–water partition coefficient (Wildman–Crippen LogP) is 2.47. The zero-order valence-corrected chi connectivity index (χ0v) is 10.4. The van der Waals surface area contributed by atoms with Crippen molar-refractivity contribution in [1.29, 1.82) is 0 Å². The highest BCUT2D eigenvalue weighted by molar-refractivity contribution is 7.80. The Morgan fingerprint density at radius 3 is 2.67 bits per heavy atom. The van der Waals surface area contributed by atoms with E-state index in [1.165, 1.54) is 32.1 Å². The van der Waals surface area contributed by atoms with Gasteiger partial charge in [0.25, 0.3) is 5.17 Å². The van der Waals surface area contributed by atoms with E-state index in [4.69, 9.17) is 17.0 Å². The molecule has 3 nitrogen and oxygen atoms in total. The molecule has 1 heterocycles. The van der Waals surface area contributed by atoms with Gasteiger partial charge in [0.1, 0.15) is 0 Å². The molecule has 1 aliphatic rings. The van der Waals surface area contributed by atoms with Gasteiger partial charge in [0, 0.05) is 13.1 Å². The van der Waals surface area contributed by atoms with Gasteiger partial charge < -0.3 is 4.74 Å². The summed E-state index contributed by atoms with van der Waals surface area (Å²) >= 11 is 5.11. The Labute approximate surface area is 98.1 Å². The van der Waals surface area contributed by atoms with Crippen LogP contribution in [-0.4, -0.2) is 29.9 Å². The van der Waals surface area contributed by atoms with Crippen LogP contribution in [0.5, 0.6) is 0 Å². The van der Waals surface area contributed by atoms with Gasteiger partial charge in [-0.25, -0.2) is 5.01 Å². The molecule has 1 fully saturated rings. The van der Waals surface area contributed by atoms with E-state index < -0.39 is 0 Å². The highest BCUT2D eigenvalue weighted by atomic mass is 32.1. The van der Waals surface area contributed by atoms with Gasteiger partial charge in [0.15, 0.2) is 0 Å². The van der Waals surface area contributed by atoms with Crippen LogP contribution in [0.15, 0.2) is 0 Å². The summed E-state index contributed by atoms with van der Waals surface area (Å²) in [6.45, 7) is 5.09. The van der Waals surface area contributed by atoms with Crippen LogP contribution in [-0.2, 0) is 4.74 Å². The summed E-state index contributed by atoms with van der Waals surface area (Å²) in [5, 5.41) is 2.69. The van der Waals surface area contributed by atoms with Gasteiger partial charge in [0.2, 0.25) is 0 Å². The van der Waals surface area contributed by atoms with Crippen LogP contribution in [0, 0.1) is 0 Å². The summed E-state index contributed by atoms with van der Waals surface area (Å²) in [4.78, 5) is 0. The molecule has 88 valence electrons. The number of piperidine rings is 1. The van der Waals surface area contributed by atoms with Crippen LogP contribution in [0.1, 0.15) is 45.4 Å². The lowest BCUT2D eigenvalue weighted by Gasteiger charge is -2.27. The second kappa shape index (κ2) is 7.88. The molecule has 0 aromatic carbocycles. The summed E-state index contributed by atoms with van der Waals surface area (Å²) in [5.74, 6) is 0. The molecule has 0 bridgehead atoms. The van der Waals surface area contributed by atoms with Crippen molar-refractivity contribution >= 4 is 17.4 Å². The van der Waals surface area contributed by atoms with Crippen LogP contribution in [0.25, 0.3) is 0 Å². The third-order valence-electron chi connectivity index (χ3n) is 2.59. The molecule has 0 amide bonds. The summed E-state index contributed by atoms with van der Waals surface area (Å²) in [6.07, 6.45) is 7.37. The lowest BCUT2D eigenvalue weighted by atomic mass is 10.2. The normalized spacial score (nSPS) is 17.4. The van der Waals surface area contributed by atoms with Crippen molar-refractivity contribution in [1.82, 2.24) is 10.4 Å². The zero-order valence-electron chi connectivity index (χ0n) is 9.63. The molecule has 4 heteroatoms. The van der Waals surface area contributed by atoms with E-state index in [0.717, 1.165) is 26.1 Å². The third kappa shape index (κ3) is 5.95. The molecule has 0 atom stereocenters. The van der Waals surface area contributed by atoms with Gasteiger partial charge in [-0.05, 0) is 31.5 Å². The largest absolute Gasteiger partial charge is 0.470 e. The minimum absolute atomic E-state index is 0.535. The predicted molar refractivity (Wildman–Crippen MR) is 66.6 cm³/mol. The molecule has 1 N–H and O–H groups in total. The maximum Gasteiger partial charge on any atom is 0.271 e. The Balaban J connectivity index is 2.01. The van der Waals surface area contributed by atoms with Gasteiger partial charge in [0.05, 0.1) is 6.61 Å². The van der Waals surface area contributed by atoms with E-state index in [1.54, 1.807) is 0 Å². The fourth-order valence-electron chi connectivity index (χ4n) is 1.68. The van der Waals surface area contributed by atoms with Crippen LogP contribution in [0.3, 0.4) is 0 Å². The topological polar surface area (TPSA) is 24.5 Å². The van der Waals surface area contributed by atoms with E-state index >= 15 is 0 Å². The van der Waals surface area contributed by atoms with Crippen molar-refractivity contribution in [2.45, 2.75) is 45.4 Å². The Morgan fingerprint density at radius 2 is 2.00 bits per heavy atom. The number of thiocarbonyl (C=S) groups is 1. The van der Waals surface area contributed by atoms with E-state index in [0.29, 0.717) is 5.17 Å². The minimum atomic E-state index is 0.535. The number of hydrogen-bond donors (Lipinski definition) is 1. The van der Waals surface area contributed by atoms with Crippen molar-refractivity contribution in [2.75, 3.05) is 19.7 Å². The number of unbranched alkanes of at least 4 members (excludes halogenated alkanes) is 2. The fourth-order valence-corrected chi connectivity index (χ4v) is 1.90. The average molecular weight is 230 g/mol. The summed E-state index contributed by atoms with van der Waals surface area (Å²) in [5.41, 5.74) is 3.14. The molecule has 0 spiro atoms. The van der Waals surface area contributed by atoms with Gasteiger partial charge in [-0.1, -0.05) is 26.2 Å². The molecule has 0 saturated carbocycles. The minimum Gasteiger partial charge on any atom is -0.470 e. The number of hydrazine groups is 1. The van der Waals surface area contributed by atoms with Crippen molar-refractivity contribution < 1.29 is 4.74 Å². The van der Waals surface area contributed by atoms with E-state index in [2.05, 4.69) is 17.4 Å². The van der Waals surface area contributed by atoms with Crippen LogP contribution < -0.4 is 5.43 Å². The lowest BCUT2D eigenvalue weighted by Crippen LogP contribution is -2.45. The first-order valence-electron chi connectivity index (χ1n) is 6.01. The van der Waals surface area contributed by atoms with Crippen LogP contribution in [0.2, 0.25) is 0 Å². The molecule has 1 aliphatic heterocycles. The highest BCUT2D eigenvalue weighted by Gasteiger charge is 2.10. The molecule has 0 aromatic rings. The number of nitrogens with zero attached hydrogens (tertiary/aromatic N) is 1. The maximum atomic E-state index is 5.43. The van der Waals surface area contributed by atoms with Gasteiger partial charge in [-0.3, -0.25) is 5.43 Å². The second-order valence-electron chi connectivity index (χ2n) is 4.00. The van der Waals surface area contributed by atoms with E-state index in [1.807, 2.05) is 0 Å². The first-order chi connectivity index (χ1) is 7.33. The molecule has 15 heavy (non-hydrogen) atoms. The standard InChI is InChI=1S/C11H22N2OS/c1-2-3-7-10-14-11(15)12-13-8-5-4-6-9-13/h2-10H2,1H3,(H,12,15). The van der Waals surface area contributed by atoms with Gasteiger partial charge in [-0.15, -0.1) is 0 Å². The Kier molecular flexibility index (Phi) is 6.68. The number of rotatable bonds is 5. The summed E-state index contributed by atoms with van der Waals surface area (Å²) < 4.78 is 5.43. The smallest absolute Gasteiger partial charge is 0.271 e. The molecule has 0 unspecified atom stereocenters. The van der Waals surface area contributed by atoms with Crippen molar-refractivity contribution in [2.24, 2.45) is 0 Å². The first-order valence-corrected chi connectivity index (χ1v) is 6.42. The van der Waals surface area contributed by atoms with E-state index in [9.17, 15) is 0 Å². The number of ether oxygens (including phenoxy) is 1. The van der Waals surface area contributed by atoms with Crippen LogP contribution >= 0.6 is 12.2 Å². The number of hydrogen-bond acceptors (Lipinski definition) is 3. The molecular weight excluding hydrogens is 208 g/mol. The Morgan fingerprint density at radius 1 is 1.27 bits per heavy atom. The summed E-state index contributed by atoms with van der Waals surface area (Å²) in [7, 11) is 0. The first kappa shape index (κ1) is 12.7. The highest BCUT2D eigenvalue weighted by Crippen LogP contribution is 2.06. The molecule has 0 aromatic heterocycles. The second-order valence-corrected chi connectivity index (χ2v) is 4.37. The molecule has 1 saturated heterocycles. The van der Waals surface area contributed by atoms with Crippen molar-refractivity contribution in [3.05, 3.63) is 0 Å². The Bertz CT molecular complexity index is 181. The quantitative estimate of drug-likeness (QED) is 0.579. The van der Waals surface area contributed by atoms with E-state index in [-0.39, 0.29) is 0 Å². The van der Waals surface area contributed by atoms with Crippen molar-refractivity contribution in [3.63, 3.8) is 0 Å². The average Bonchev–Trinajstić information content (AvgIpc) is 2.26. The zero-order chi connectivity index (χ0) is 10.9. The molecule has 0 aliphatic carbocycles.